The first kappa shape index (κ1) is 10.9. The summed E-state index contributed by atoms with van der Waals surface area (Å²) in [5.41, 5.74) is 3.24. The Balaban J connectivity index is 2.59. The van der Waals surface area contributed by atoms with Crippen LogP contribution in [0.2, 0.25) is 0 Å². The maximum absolute atomic E-state index is 10.9. The van der Waals surface area contributed by atoms with Crippen LogP contribution in [0.15, 0.2) is 24.3 Å². The van der Waals surface area contributed by atoms with Gasteiger partial charge in [0.15, 0.2) is 5.71 Å². The zero-order chi connectivity index (χ0) is 11.9. The second-order valence-electron chi connectivity index (χ2n) is 4.71. The summed E-state index contributed by atoms with van der Waals surface area (Å²) in [4.78, 5) is 10.9. The molecule has 0 saturated carbocycles. The van der Waals surface area contributed by atoms with Crippen LogP contribution in [0.5, 0.6) is 0 Å². The molecule has 0 saturated heterocycles. The van der Waals surface area contributed by atoms with E-state index in [4.69, 9.17) is 5.11 Å². The van der Waals surface area contributed by atoms with Crippen LogP contribution in [0.1, 0.15) is 26.3 Å². The summed E-state index contributed by atoms with van der Waals surface area (Å²) in [6.45, 7) is 6.29. The molecule has 2 rings (SSSR count). The minimum Gasteiger partial charge on any atom is -0.477 e. The highest BCUT2D eigenvalue weighted by Crippen LogP contribution is 2.38. The summed E-state index contributed by atoms with van der Waals surface area (Å²) in [5, 5.41) is 8.93. The van der Waals surface area contributed by atoms with Crippen molar-refractivity contribution in [2.45, 2.75) is 26.2 Å². The Kier molecular flexibility index (Phi) is 2.34. The van der Waals surface area contributed by atoms with Crippen molar-refractivity contribution in [2.24, 2.45) is 0 Å². The number of aliphatic carboxylic acids is 1. The number of nitrogens with zero attached hydrogens (tertiary/aromatic N) is 1. The SMILES string of the molecule is CC1=[N+](CC(=O)O)c2ccccc2C1(C)C. The fourth-order valence-corrected chi connectivity index (χ4v) is 2.29. The summed E-state index contributed by atoms with van der Waals surface area (Å²) in [7, 11) is 0. The van der Waals surface area contributed by atoms with Crippen LogP contribution < -0.4 is 0 Å². The van der Waals surface area contributed by atoms with E-state index in [-0.39, 0.29) is 12.0 Å². The van der Waals surface area contributed by atoms with Crippen LogP contribution in [0.25, 0.3) is 0 Å². The van der Waals surface area contributed by atoms with Crippen molar-refractivity contribution in [1.29, 1.82) is 0 Å². The van der Waals surface area contributed by atoms with Gasteiger partial charge in [-0.25, -0.2) is 4.79 Å². The molecule has 0 atom stereocenters. The van der Waals surface area contributed by atoms with Gasteiger partial charge < -0.3 is 5.11 Å². The molecule has 0 amide bonds. The van der Waals surface area contributed by atoms with Crippen LogP contribution >= 0.6 is 0 Å². The van der Waals surface area contributed by atoms with E-state index in [0.29, 0.717) is 0 Å². The number of rotatable bonds is 2. The number of carboxylic acids is 1. The lowest BCUT2D eigenvalue weighted by molar-refractivity contribution is -0.429. The molecule has 0 spiro atoms. The number of fused-ring (bicyclic) bond motifs is 1. The number of para-hydroxylation sites is 1. The van der Waals surface area contributed by atoms with Gasteiger partial charge in [-0.05, 0) is 13.8 Å². The van der Waals surface area contributed by atoms with Crippen molar-refractivity contribution in [2.75, 3.05) is 6.54 Å². The van der Waals surface area contributed by atoms with E-state index >= 15 is 0 Å². The Morgan fingerprint density at radius 2 is 2.00 bits per heavy atom. The van der Waals surface area contributed by atoms with Gasteiger partial charge in [-0.3, -0.25) is 0 Å². The molecule has 1 aliphatic rings. The van der Waals surface area contributed by atoms with Crippen LogP contribution in [0.3, 0.4) is 0 Å². The van der Waals surface area contributed by atoms with E-state index in [2.05, 4.69) is 19.9 Å². The lowest BCUT2D eigenvalue weighted by atomic mass is 9.82. The third-order valence-electron chi connectivity index (χ3n) is 3.47. The summed E-state index contributed by atoms with van der Waals surface area (Å²) in [6.07, 6.45) is 0. The standard InChI is InChI=1S/C13H15NO2/c1-9-13(2,3)10-6-4-5-7-11(10)14(9)8-12(15)16/h4-7H,8H2,1-3H3/p+1. The molecule has 0 bridgehead atoms. The molecular formula is C13H16NO2+. The van der Waals surface area contributed by atoms with Crippen LogP contribution in [-0.2, 0) is 10.2 Å². The highest BCUT2D eigenvalue weighted by molar-refractivity contribution is 5.93. The minimum absolute atomic E-state index is 0.0340. The van der Waals surface area contributed by atoms with Crippen molar-refractivity contribution < 1.29 is 14.5 Å². The molecule has 0 fully saturated rings. The Morgan fingerprint density at radius 3 is 2.62 bits per heavy atom. The average Bonchev–Trinajstić information content (AvgIpc) is 2.41. The predicted octanol–water partition coefficient (Wildman–Crippen LogP) is 2.17. The summed E-state index contributed by atoms with van der Waals surface area (Å²) < 4.78 is 1.89. The van der Waals surface area contributed by atoms with Crippen molar-refractivity contribution in [3.8, 4) is 0 Å². The zero-order valence-corrected chi connectivity index (χ0v) is 9.82. The second kappa shape index (κ2) is 3.44. The van der Waals surface area contributed by atoms with Crippen LogP contribution in [-0.4, -0.2) is 27.9 Å². The summed E-state index contributed by atoms with van der Waals surface area (Å²) in [6, 6.07) is 8.00. The first-order valence-electron chi connectivity index (χ1n) is 5.37. The molecule has 84 valence electrons. The number of hydrogen-bond acceptors (Lipinski definition) is 1. The molecule has 0 aromatic heterocycles. The van der Waals surface area contributed by atoms with Gasteiger partial charge >= 0.3 is 5.97 Å². The largest absolute Gasteiger partial charge is 0.477 e. The molecule has 1 aromatic carbocycles. The van der Waals surface area contributed by atoms with E-state index in [1.165, 1.54) is 5.56 Å². The van der Waals surface area contributed by atoms with Crippen molar-refractivity contribution in [3.63, 3.8) is 0 Å². The van der Waals surface area contributed by atoms with Gasteiger partial charge in [0.1, 0.15) is 0 Å². The smallest absolute Gasteiger partial charge is 0.370 e. The van der Waals surface area contributed by atoms with Gasteiger partial charge in [-0.1, -0.05) is 18.2 Å². The molecule has 1 heterocycles. The number of hydrogen-bond donors (Lipinski definition) is 1. The van der Waals surface area contributed by atoms with E-state index < -0.39 is 5.97 Å². The Morgan fingerprint density at radius 1 is 1.38 bits per heavy atom. The first-order chi connectivity index (χ1) is 7.44. The van der Waals surface area contributed by atoms with Crippen molar-refractivity contribution in [3.05, 3.63) is 29.8 Å². The number of carboxylic acid groups (broad SMARTS) is 1. The molecule has 1 aromatic rings. The molecule has 0 radical (unpaired) electrons. The monoisotopic (exact) mass is 218 g/mol. The second-order valence-corrected chi connectivity index (χ2v) is 4.71. The van der Waals surface area contributed by atoms with Gasteiger partial charge in [-0.15, -0.1) is 0 Å². The maximum Gasteiger partial charge on any atom is 0.370 e. The van der Waals surface area contributed by atoms with E-state index in [9.17, 15) is 4.79 Å². The first-order valence-corrected chi connectivity index (χ1v) is 5.37. The van der Waals surface area contributed by atoms with Gasteiger partial charge in [-0.2, -0.15) is 4.58 Å². The fourth-order valence-electron chi connectivity index (χ4n) is 2.29. The highest BCUT2D eigenvalue weighted by atomic mass is 16.4. The fraction of sp³-hybridized carbons (Fsp3) is 0.385. The topological polar surface area (TPSA) is 40.3 Å². The Labute approximate surface area is 95.0 Å². The highest BCUT2D eigenvalue weighted by Gasteiger charge is 2.43. The normalized spacial score (nSPS) is 17.4. The molecule has 3 nitrogen and oxygen atoms in total. The van der Waals surface area contributed by atoms with Crippen molar-refractivity contribution >= 4 is 17.4 Å². The molecule has 0 aliphatic carbocycles. The van der Waals surface area contributed by atoms with Gasteiger partial charge in [0.2, 0.25) is 12.2 Å². The van der Waals surface area contributed by atoms with Crippen LogP contribution in [0, 0.1) is 0 Å². The van der Waals surface area contributed by atoms with Crippen LogP contribution in [0.4, 0.5) is 5.69 Å². The van der Waals surface area contributed by atoms with E-state index in [1.54, 1.807) is 0 Å². The lowest BCUT2D eigenvalue weighted by Gasteiger charge is -2.14. The summed E-state index contributed by atoms with van der Waals surface area (Å²) in [5.74, 6) is -0.799. The summed E-state index contributed by atoms with van der Waals surface area (Å²) >= 11 is 0. The van der Waals surface area contributed by atoms with Crippen molar-refractivity contribution in [1.82, 2.24) is 0 Å². The molecule has 3 heteroatoms. The third kappa shape index (κ3) is 1.43. The Hall–Kier alpha value is -1.64. The predicted molar refractivity (Wildman–Crippen MR) is 62.6 cm³/mol. The molecule has 0 unspecified atom stereocenters. The van der Waals surface area contributed by atoms with Gasteiger partial charge in [0.05, 0.1) is 5.41 Å². The zero-order valence-electron chi connectivity index (χ0n) is 9.82. The Bertz CT molecular complexity index is 486. The maximum atomic E-state index is 10.9. The number of carbonyl (C=O) groups is 1. The third-order valence-corrected chi connectivity index (χ3v) is 3.47. The molecular weight excluding hydrogens is 202 g/mol. The van der Waals surface area contributed by atoms with Gasteiger partial charge in [0, 0.05) is 18.6 Å². The lowest BCUT2D eigenvalue weighted by Crippen LogP contribution is -2.28. The quantitative estimate of drug-likeness (QED) is 0.773. The minimum atomic E-state index is -0.799. The average molecular weight is 218 g/mol. The van der Waals surface area contributed by atoms with E-state index in [0.717, 1.165) is 11.4 Å². The molecule has 16 heavy (non-hydrogen) atoms. The van der Waals surface area contributed by atoms with Gasteiger partial charge in [0.25, 0.3) is 0 Å². The van der Waals surface area contributed by atoms with E-state index in [1.807, 2.05) is 29.7 Å². The molecule has 1 aliphatic heterocycles. The molecule has 1 N–H and O–H groups in total. The number of benzene rings is 1.